The number of esters is 1. The van der Waals surface area contributed by atoms with Crippen LogP contribution in [0.4, 0.5) is 10.8 Å². The molecule has 9 nitrogen and oxygen atoms in total. The third-order valence-corrected chi connectivity index (χ3v) is 5.57. The number of para-hydroxylation sites is 1. The SMILES string of the molecule is CC(OC(=O)/C=C/c1cccc2cccnc12)C(=O)Nc1nc(-c2cccc([N+](=O)[O-])c2)cs1. The zero-order valence-corrected chi connectivity index (χ0v) is 18.7. The van der Waals surface area contributed by atoms with Gasteiger partial charge in [-0.3, -0.25) is 25.2 Å². The molecule has 0 spiro atoms. The molecule has 0 saturated heterocycles. The number of benzene rings is 2. The lowest BCUT2D eigenvalue weighted by molar-refractivity contribution is -0.384. The van der Waals surface area contributed by atoms with E-state index in [1.54, 1.807) is 29.8 Å². The number of hydrogen-bond acceptors (Lipinski definition) is 8. The fourth-order valence-electron chi connectivity index (χ4n) is 3.14. The molecule has 2 heterocycles. The van der Waals surface area contributed by atoms with E-state index >= 15 is 0 Å². The third-order valence-electron chi connectivity index (χ3n) is 4.81. The first-order valence-electron chi connectivity index (χ1n) is 10.1. The van der Waals surface area contributed by atoms with Crippen molar-refractivity contribution in [3.05, 3.63) is 87.9 Å². The van der Waals surface area contributed by atoms with Crippen molar-refractivity contribution >= 4 is 51.0 Å². The van der Waals surface area contributed by atoms with E-state index in [1.807, 2.05) is 30.3 Å². The minimum absolute atomic E-state index is 0.0519. The third kappa shape index (κ3) is 5.30. The first kappa shape index (κ1) is 22.7. The fourth-order valence-corrected chi connectivity index (χ4v) is 3.86. The summed E-state index contributed by atoms with van der Waals surface area (Å²) in [6.07, 6.45) is 3.45. The number of thiazole rings is 1. The number of nitrogens with one attached hydrogen (secondary N) is 1. The van der Waals surface area contributed by atoms with Gasteiger partial charge in [0.15, 0.2) is 11.2 Å². The minimum atomic E-state index is -1.06. The van der Waals surface area contributed by atoms with Crippen LogP contribution >= 0.6 is 11.3 Å². The van der Waals surface area contributed by atoms with Gasteiger partial charge in [-0.25, -0.2) is 9.78 Å². The van der Waals surface area contributed by atoms with Gasteiger partial charge in [0.05, 0.1) is 16.1 Å². The van der Waals surface area contributed by atoms with E-state index in [0.717, 1.165) is 27.8 Å². The molecule has 0 aliphatic rings. The van der Waals surface area contributed by atoms with Crippen LogP contribution < -0.4 is 5.32 Å². The fraction of sp³-hybridized carbons (Fsp3) is 0.0833. The second-order valence-corrected chi connectivity index (χ2v) is 8.03. The highest BCUT2D eigenvalue weighted by molar-refractivity contribution is 7.14. The number of fused-ring (bicyclic) bond motifs is 1. The van der Waals surface area contributed by atoms with Crippen molar-refractivity contribution in [1.82, 2.24) is 9.97 Å². The molecule has 0 saturated carbocycles. The zero-order valence-electron chi connectivity index (χ0n) is 17.9. The zero-order chi connectivity index (χ0) is 24.1. The average molecular weight is 474 g/mol. The number of rotatable bonds is 7. The average Bonchev–Trinajstić information content (AvgIpc) is 3.31. The Morgan fingerprint density at radius 3 is 2.79 bits per heavy atom. The van der Waals surface area contributed by atoms with Crippen molar-refractivity contribution in [3.63, 3.8) is 0 Å². The molecule has 10 heteroatoms. The van der Waals surface area contributed by atoms with Crippen LogP contribution in [0.2, 0.25) is 0 Å². The molecule has 0 bridgehead atoms. The van der Waals surface area contributed by atoms with Gasteiger partial charge in [0, 0.05) is 46.3 Å². The summed E-state index contributed by atoms with van der Waals surface area (Å²) in [5.74, 6) is -1.22. The molecule has 34 heavy (non-hydrogen) atoms. The van der Waals surface area contributed by atoms with Crippen LogP contribution in [-0.4, -0.2) is 32.9 Å². The van der Waals surface area contributed by atoms with E-state index in [0.29, 0.717) is 11.3 Å². The van der Waals surface area contributed by atoms with E-state index in [1.165, 1.54) is 25.1 Å². The molecule has 170 valence electrons. The number of anilines is 1. The molecule has 1 amide bonds. The van der Waals surface area contributed by atoms with Gasteiger partial charge >= 0.3 is 5.97 Å². The summed E-state index contributed by atoms with van der Waals surface area (Å²) in [4.78, 5) is 43.8. The van der Waals surface area contributed by atoms with Crippen LogP contribution in [0.1, 0.15) is 12.5 Å². The molecular weight excluding hydrogens is 456 g/mol. The number of carbonyl (C=O) groups is 2. The van der Waals surface area contributed by atoms with E-state index < -0.39 is 22.9 Å². The molecule has 4 rings (SSSR count). The number of ether oxygens (including phenoxy) is 1. The Bertz CT molecular complexity index is 1410. The van der Waals surface area contributed by atoms with Crippen LogP contribution in [0, 0.1) is 10.1 Å². The normalized spacial score (nSPS) is 11.9. The quantitative estimate of drug-likeness (QED) is 0.176. The van der Waals surface area contributed by atoms with Gasteiger partial charge in [0.2, 0.25) is 0 Å². The van der Waals surface area contributed by atoms with Crippen LogP contribution in [0.3, 0.4) is 0 Å². The van der Waals surface area contributed by atoms with Crippen LogP contribution in [0.5, 0.6) is 0 Å². The summed E-state index contributed by atoms with van der Waals surface area (Å²) in [6, 6.07) is 15.4. The van der Waals surface area contributed by atoms with E-state index in [-0.39, 0.29) is 10.8 Å². The Labute approximate surface area is 197 Å². The van der Waals surface area contributed by atoms with Crippen molar-refractivity contribution in [1.29, 1.82) is 0 Å². The molecule has 0 fully saturated rings. The first-order valence-corrected chi connectivity index (χ1v) is 11.0. The second kappa shape index (κ2) is 10.0. The molecule has 0 radical (unpaired) electrons. The summed E-state index contributed by atoms with van der Waals surface area (Å²) in [7, 11) is 0. The maximum Gasteiger partial charge on any atom is 0.331 e. The van der Waals surface area contributed by atoms with E-state index in [9.17, 15) is 19.7 Å². The number of nitrogens with zero attached hydrogens (tertiary/aromatic N) is 3. The van der Waals surface area contributed by atoms with Crippen molar-refractivity contribution in [2.45, 2.75) is 13.0 Å². The molecule has 1 unspecified atom stereocenters. The van der Waals surface area contributed by atoms with Gasteiger partial charge in [-0.05, 0) is 19.1 Å². The number of nitro groups is 1. The molecule has 1 atom stereocenters. The predicted octanol–water partition coefficient (Wildman–Crippen LogP) is 4.85. The van der Waals surface area contributed by atoms with Gasteiger partial charge in [-0.2, -0.15) is 0 Å². The topological polar surface area (TPSA) is 124 Å². The first-order chi connectivity index (χ1) is 16.4. The number of nitro benzene ring substituents is 1. The maximum absolute atomic E-state index is 12.4. The minimum Gasteiger partial charge on any atom is -0.449 e. The van der Waals surface area contributed by atoms with Crippen molar-refractivity contribution in [3.8, 4) is 11.3 Å². The number of amides is 1. The maximum atomic E-state index is 12.4. The summed E-state index contributed by atoms with van der Waals surface area (Å²) in [6.45, 7) is 1.45. The number of aromatic nitrogens is 2. The van der Waals surface area contributed by atoms with Gasteiger partial charge in [-0.15, -0.1) is 11.3 Å². The van der Waals surface area contributed by atoms with E-state index in [4.69, 9.17) is 4.74 Å². The number of non-ortho nitro benzene ring substituents is 1. The monoisotopic (exact) mass is 474 g/mol. The highest BCUT2D eigenvalue weighted by atomic mass is 32.1. The Kier molecular flexibility index (Phi) is 6.69. The lowest BCUT2D eigenvalue weighted by Crippen LogP contribution is -2.29. The highest BCUT2D eigenvalue weighted by Crippen LogP contribution is 2.27. The Morgan fingerprint density at radius 2 is 1.97 bits per heavy atom. The van der Waals surface area contributed by atoms with Gasteiger partial charge in [-0.1, -0.05) is 36.4 Å². The predicted molar refractivity (Wildman–Crippen MR) is 129 cm³/mol. The van der Waals surface area contributed by atoms with Crippen LogP contribution in [-0.2, 0) is 14.3 Å². The van der Waals surface area contributed by atoms with Crippen molar-refractivity contribution < 1.29 is 19.2 Å². The highest BCUT2D eigenvalue weighted by Gasteiger charge is 2.18. The molecule has 1 N–H and O–H groups in total. The molecule has 0 aliphatic heterocycles. The summed E-state index contributed by atoms with van der Waals surface area (Å²) >= 11 is 1.16. The Hall–Kier alpha value is -4.44. The molecule has 4 aromatic rings. The van der Waals surface area contributed by atoms with Crippen LogP contribution in [0.15, 0.2) is 72.3 Å². The van der Waals surface area contributed by atoms with Crippen molar-refractivity contribution in [2.75, 3.05) is 5.32 Å². The standard InChI is InChI=1S/C24H18N4O5S/c1-15(33-21(29)11-10-17-6-2-5-16-8-4-12-25-22(16)17)23(30)27-24-26-20(14-34-24)18-7-3-9-19(13-18)28(31)32/h2-15H,1H3,(H,26,27,30)/b11-10+. The lowest BCUT2D eigenvalue weighted by atomic mass is 10.1. The molecule has 2 aromatic heterocycles. The number of hydrogen-bond donors (Lipinski definition) is 1. The number of carbonyl (C=O) groups excluding carboxylic acids is 2. The Morgan fingerprint density at radius 1 is 1.18 bits per heavy atom. The lowest BCUT2D eigenvalue weighted by Gasteiger charge is -2.10. The molecule has 2 aromatic carbocycles. The number of pyridine rings is 1. The summed E-state index contributed by atoms with van der Waals surface area (Å²) in [5.41, 5.74) is 2.49. The summed E-state index contributed by atoms with van der Waals surface area (Å²) in [5, 5.41) is 16.5. The summed E-state index contributed by atoms with van der Waals surface area (Å²) < 4.78 is 5.20. The second-order valence-electron chi connectivity index (χ2n) is 7.17. The van der Waals surface area contributed by atoms with Crippen LogP contribution in [0.25, 0.3) is 28.2 Å². The van der Waals surface area contributed by atoms with Gasteiger partial charge in [0.1, 0.15) is 0 Å². The smallest absolute Gasteiger partial charge is 0.331 e. The van der Waals surface area contributed by atoms with Crippen molar-refractivity contribution in [2.24, 2.45) is 0 Å². The van der Waals surface area contributed by atoms with Gasteiger partial charge in [0.25, 0.3) is 11.6 Å². The Balaban J connectivity index is 1.37. The molecular formula is C24H18N4O5S. The largest absolute Gasteiger partial charge is 0.449 e. The van der Waals surface area contributed by atoms with Gasteiger partial charge < -0.3 is 4.74 Å². The van der Waals surface area contributed by atoms with E-state index in [2.05, 4.69) is 15.3 Å². The molecule has 0 aliphatic carbocycles.